The van der Waals surface area contributed by atoms with Crippen LogP contribution in [-0.2, 0) is 4.79 Å². The molecule has 140 valence electrons. The number of aromatic nitrogens is 1. The molecule has 0 radical (unpaired) electrons. The first-order valence-corrected chi connectivity index (χ1v) is 8.73. The summed E-state index contributed by atoms with van der Waals surface area (Å²) in [6, 6.07) is 19.2. The van der Waals surface area contributed by atoms with Gasteiger partial charge in [0.2, 0.25) is 0 Å². The van der Waals surface area contributed by atoms with Crippen LogP contribution in [0.15, 0.2) is 60.2 Å². The molecule has 0 bridgehead atoms. The fraction of sp³-hybridized carbons (Fsp3) is 0.130. The van der Waals surface area contributed by atoms with Crippen molar-refractivity contribution in [1.29, 1.82) is 5.26 Å². The Morgan fingerprint density at radius 3 is 2.43 bits per heavy atom. The number of methoxy groups -OCH3 is 1. The molecule has 0 amide bonds. The Kier molecular flexibility index (Phi) is 5.32. The molecule has 0 aliphatic rings. The molecule has 1 aromatic heterocycles. The molecule has 0 aliphatic heterocycles. The molecule has 5 heteroatoms. The molecule has 0 atom stereocenters. The van der Waals surface area contributed by atoms with Gasteiger partial charge in [-0.1, -0.05) is 0 Å². The van der Waals surface area contributed by atoms with Gasteiger partial charge < -0.3 is 14.4 Å². The van der Waals surface area contributed by atoms with E-state index in [9.17, 15) is 9.90 Å². The predicted molar refractivity (Wildman–Crippen MR) is 108 cm³/mol. The summed E-state index contributed by atoms with van der Waals surface area (Å²) < 4.78 is 7.24. The number of hydrogen-bond acceptors (Lipinski definition) is 3. The van der Waals surface area contributed by atoms with Crippen LogP contribution in [0.25, 0.3) is 23.0 Å². The number of nitriles is 1. The highest BCUT2D eigenvalue weighted by Gasteiger charge is 2.14. The van der Waals surface area contributed by atoms with E-state index >= 15 is 0 Å². The number of carboxylic acid groups (broad SMARTS) is 1. The SMILES string of the molecule is COc1ccc(-c2ccc(C=C(C)C(=O)O)n2-c2ccc(C#N)cc2C)cc1. The van der Waals surface area contributed by atoms with Gasteiger partial charge in [-0.3, -0.25) is 0 Å². The van der Waals surface area contributed by atoms with E-state index in [0.29, 0.717) is 5.56 Å². The van der Waals surface area contributed by atoms with E-state index in [4.69, 9.17) is 10.00 Å². The molecule has 3 rings (SSSR count). The fourth-order valence-corrected chi connectivity index (χ4v) is 3.08. The second-order valence-corrected chi connectivity index (χ2v) is 6.45. The topological polar surface area (TPSA) is 75.2 Å². The van der Waals surface area contributed by atoms with Crippen LogP contribution in [0.4, 0.5) is 0 Å². The third-order valence-corrected chi connectivity index (χ3v) is 4.57. The molecule has 28 heavy (non-hydrogen) atoms. The first-order valence-electron chi connectivity index (χ1n) is 8.73. The maximum absolute atomic E-state index is 11.3. The van der Waals surface area contributed by atoms with Crippen molar-refractivity contribution in [3.63, 3.8) is 0 Å². The minimum absolute atomic E-state index is 0.243. The summed E-state index contributed by atoms with van der Waals surface area (Å²) in [5.41, 5.74) is 5.27. The van der Waals surface area contributed by atoms with E-state index in [1.807, 2.05) is 60.0 Å². The standard InChI is InChI=1S/C23H20N2O3/c1-15-12-17(14-24)4-10-21(15)25-19(13-16(2)23(26)27)7-11-22(25)18-5-8-20(28-3)9-6-18/h4-13H,1-3H3,(H,26,27). The van der Waals surface area contributed by atoms with Crippen molar-refractivity contribution in [2.75, 3.05) is 7.11 Å². The van der Waals surface area contributed by atoms with Crippen LogP contribution in [0.5, 0.6) is 5.75 Å². The highest BCUT2D eigenvalue weighted by atomic mass is 16.5. The van der Waals surface area contributed by atoms with Crippen LogP contribution >= 0.6 is 0 Å². The van der Waals surface area contributed by atoms with Gasteiger partial charge >= 0.3 is 5.97 Å². The smallest absolute Gasteiger partial charge is 0.331 e. The van der Waals surface area contributed by atoms with Crippen LogP contribution in [-0.4, -0.2) is 22.8 Å². The maximum atomic E-state index is 11.3. The van der Waals surface area contributed by atoms with E-state index in [1.54, 1.807) is 26.2 Å². The van der Waals surface area contributed by atoms with E-state index in [0.717, 1.165) is 34.0 Å². The van der Waals surface area contributed by atoms with Crippen molar-refractivity contribution >= 4 is 12.0 Å². The van der Waals surface area contributed by atoms with Gasteiger partial charge in [-0.05, 0) is 85.6 Å². The zero-order valence-electron chi connectivity index (χ0n) is 15.9. The highest BCUT2D eigenvalue weighted by Crippen LogP contribution is 2.31. The average Bonchev–Trinajstić information content (AvgIpc) is 3.11. The van der Waals surface area contributed by atoms with E-state index in [2.05, 4.69) is 6.07 Å². The Morgan fingerprint density at radius 1 is 1.14 bits per heavy atom. The summed E-state index contributed by atoms with van der Waals surface area (Å²) in [5.74, 6) is -0.200. The first-order chi connectivity index (χ1) is 13.4. The van der Waals surface area contributed by atoms with Gasteiger partial charge in [-0.2, -0.15) is 5.26 Å². The second-order valence-electron chi connectivity index (χ2n) is 6.45. The summed E-state index contributed by atoms with van der Waals surface area (Å²) in [5, 5.41) is 18.4. The molecule has 1 N–H and O–H groups in total. The lowest BCUT2D eigenvalue weighted by atomic mass is 10.1. The van der Waals surface area contributed by atoms with Gasteiger partial charge in [0, 0.05) is 17.0 Å². The minimum atomic E-state index is -0.963. The number of rotatable bonds is 5. The number of aliphatic carboxylic acids is 1. The number of hydrogen-bond donors (Lipinski definition) is 1. The Hall–Kier alpha value is -3.78. The Bertz CT molecular complexity index is 1100. The zero-order valence-corrected chi connectivity index (χ0v) is 15.9. The normalized spacial score (nSPS) is 11.1. The molecule has 2 aromatic carbocycles. The number of aryl methyl sites for hydroxylation is 1. The summed E-state index contributed by atoms with van der Waals surface area (Å²) >= 11 is 0. The predicted octanol–water partition coefficient (Wildman–Crippen LogP) is 4.82. The number of benzene rings is 2. The summed E-state index contributed by atoms with van der Waals surface area (Å²) in [4.78, 5) is 11.3. The van der Waals surface area contributed by atoms with Crippen molar-refractivity contribution in [2.45, 2.75) is 13.8 Å². The Labute approximate surface area is 163 Å². The van der Waals surface area contributed by atoms with Crippen LogP contribution in [0.3, 0.4) is 0 Å². The molecule has 0 aliphatic carbocycles. The Balaban J connectivity index is 2.24. The molecule has 5 nitrogen and oxygen atoms in total. The third kappa shape index (κ3) is 3.67. The number of carbonyl (C=O) groups is 1. The van der Waals surface area contributed by atoms with Crippen molar-refractivity contribution < 1.29 is 14.6 Å². The molecule has 0 saturated heterocycles. The molecule has 0 spiro atoms. The zero-order chi connectivity index (χ0) is 20.3. The highest BCUT2D eigenvalue weighted by molar-refractivity contribution is 5.91. The first kappa shape index (κ1) is 19.0. The lowest BCUT2D eigenvalue weighted by molar-refractivity contribution is -0.132. The summed E-state index contributed by atoms with van der Waals surface area (Å²) in [6.45, 7) is 3.50. The molecular formula is C23H20N2O3. The van der Waals surface area contributed by atoms with Crippen molar-refractivity contribution in [3.05, 3.63) is 77.0 Å². The summed E-state index contributed by atoms with van der Waals surface area (Å²) in [7, 11) is 1.62. The van der Waals surface area contributed by atoms with Crippen molar-refractivity contribution in [1.82, 2.24) is 4.57 Å². The Morgan fingerprint density at radius 2 is 1.86 bits per heavy atom. The molecule has 3 aromatic rings. The number of nitrogens with zero attached hydrogens (tertiary/aromatic N) is 2. The monoisotopic (exact) mass is 372 g/mol. The molecule has 0 unspecified atom stereocenters. The van der Waals surface area contributed by atoms with E-state index in [-0.39, 0.29) is 5.57 Å². The van der Waals surface area contributed by atoms with Crippen LogP contribution in [0.1, 0.15) is 23.7 Å². The third-order valence-electron chi connectivity index (χ3n) is 4.57. The van der Waals surface area contributed by atoms with Gasteiger partial charge in [0.15, 0.2) is 0 Å². The average molecular weight is 372 g/mol. The lowest BCUT2D eigenvalue weighted by Crippen LogP contribution is -2.03. The van der Waals surface area contributed by atoms with Crippen LogP contribution in [0.2, 0.25) is 0 Å². The molecular weight excluding hydrogens is 352 g/mol. The molecule has 0 fully saturated rings. The van der Waals surface area contributed by atoms with Gasteiger partial charge in [-0.15, -0.1) is 0 Å². The van der Waals surface area contributed by atoms with Gasteiger partial charge in [-0.25, -0.2) is 4.79 Å². The van der Waals surface area contributed by atoms with Gasteiger partial charge in [0.25, 0.3) is 0 Å². The quantitative estimate of drug-likeness (QED) is 0.652. The fourth-order valence-electron chi connectivity index (χ4n) is 3.08. The number of ether oxygens (including phenoxy) is 1. The molecule has 0 saturated carbocycles. The lowest BCUT2D eigenvalue weighted by Gasteiger charge is -2.16. The van der Waals surface area contributed by atoms with E-state index < -0.39 is 5.97 Å². The van der Waals surface area contributed by atoms with Crippen molar-refractivity contribution in [3.8, 4) is 28.8 Å². The largest absolute Gasteiger partial charge is 0.497 e. The van der Waals surface area contributed by atoms with Crippen LogP contribution < -0.4 is 4.74 Å². The van der Waals surface area contributed by atoms with Crippen molar-refractivity contribution in [2.24, 2.45) is 0 Å². The van der Waals surface area contributed by atoms with E-state index in [1.165, 1.54) is 0 Å². The maximum Gasteiger partial charge on any atom is 0.331 e. The van der Waals surface area contributed by atoms with Gasteiger partial charge in [0.05, 0.1) is 24.4 Å². The molecule has 1 heterocycles. The minimum Gasteiger partial charge on any atom is -0.497 e. The van der Waals surface area contributed by atoms with Gasteiger partial charge in [0.1, 0.15) is 5.75 Å². The summed E-state index contributed by atoms with van der Waals surface area (Å²) in [6.07, 6.45) is 1.65. The second kappa shape index (κ2) is 7.85. The number of carboxylic acids is 1. The van der Waals surface area contributed by atoms with Crippen LogP contribution in [0, 0.1) is 18.3 Å².